The summed E-state index contributed by atoms with van der Waals surface area (Å²) in [5.41, 5.74) is 3.00. The molecular formula is C20H24FN3O. The summed E-state index contributed by atoms with van der Waals surface area (Å²) in [5, 5.41) is 2.98. The Morgan fingerprint density at radius 1 is 1.12 bits per heavy atom. The maximum atomic E-state index is 13.4. The molecule has 3 rings (SSSR count). The minimum atomic E-state index is -0.269. The third kappa shape index (κ3) is 4.72. The highest BCUT2D eigenvalue weighted by Crippen LogP contribution is 2.28. The van der Waals surface area contributed by atoms with Crippen LogP contribution in [0.15, 0.2) is 48.5 Å². The van der Waals surface area contributed by atoms with Crippen molar-refractivity contribution in [3.63, 3.8) is 0 Å². The summed E-state index contributed by atoms with van der Waals surface area (Å²) in [6.07, 6.45) is 2.03. The molecule has 0 atom stereocenters. The second-order valence-corrected chi connectivity index (χ2v) is 6.71. The molecule has 0 radical (unpaired) electrons. The van der Waals surface area contributed by atoms with E-state index in [2.05, 4.69) is 5.32 Å². The Morgan fingerprint density at radius 2 is 1.84 bits per heavy atom. The molecule has 1 N–H and O–H groups in total. The zero-order valence-electron chi connectivity index (χ0n) is 14.7. The number of amides is 2. The third-order valence-electron chi connectivity index (χ3n) is 4.39. The zero-order valence-corrected chi connectivity index (χ0v) is 14.7. The van der Waals surface area contributed by atoms with E-state index in [1.807, 2.05) is 54.2 Å². The first-order valence-corrected chi connectivity index (χ1v) is 8.58. The summed E-state index contributed by atoms with van der Waals surface area (Å²) in [6.45, 7) is 0.923. The van der Waals surface area contributed by atoms with Crippen molar-refractivity contribution in [3.8, 4) is 0 Å². The number of carbonyl (C=O) groups is 1. The second-order valence-electron chi connectivity index (χ2n) is 6.71. The number of anilines is 1. The van der Waals surface area contributed by atoms with Gasteiger partial charge in [0, 0.05) is 38.9 Å². The number of hydrogen-bond acceptors (Lipinski definition) is 2. The summed E-state index contributed by atoms with van der Waals surface area (Å²) in [4.78, 5) is 16.4. The molecule has 0 spiro atoms. The molecular weight excluding hydrogens is 317 g/mol. The summed E-state index contributed by atoms with van der Waals surface area (Å²) >= 11 is 0. The van der Waals surface area contributed by atoms with Crippen LogP contribution in [-0.4, -0.2) is 31.1 Å². The van der Waals surface area contributed by atoms with Gasteiger partial charge in [0.2, 0.25) is 0 Å². The minimum Gasteiger partial charge on any atom is -0.378 e. The number of nitrogens with zero attached hydrogens (tertiary/aromatic N) is 2. The van der Waals surface area contributed by atoms with Crippen molar-refractivity contribution in [2.24, 2.45) is 0 Å². The van der Waals surface area contributed by atoms with Crippen molar-refractivity contribution in [3.05, 3.63) is 65.5 Å². The quantitative estimate of drug-likeness (QED) is 0.868. The molecule has 1 aliphatic rings. The molecule has 1 saturated carbocycles. The number of hydrogen-bond donors (Lipinski definition) is 1. The molecule has 132 valence electrons. The van der Waals surface area contributed by atoms with E-state index in [-0.39, 0.29) is 17.9 Å². The fourth-order valence-corrected chi connectivity index (χ4v) is 2.78. The van der Waals surface area contributed by atoms with E-state index in [1.165, 1.54) is 12.1 Å². The smallest absolute Gasteiger partial charge is 0.318 e. The molecule has 2 amide bonds. The van der Waals surface area contributed by atoms with E-state index in [0.717, 1.165) is 29.7 Å². The molecule has 0 bridgehead atoms. The second kappa shape index (κ2) is 7.55. The summed E-state index contributed by atoms with van der Waals surface area (Å²) in [6, 6.07) is 14.7. The first kappa shape index (κ1) is 17.3. The molecule has 4 nitrogen and oxygen atoms in total. The van der Waals surface area contributed by atoms with Gasteiger partial charge < -0.3 is 15.1 Å². The SMILES string of the molecule is CN(C)c1ccc(CNC(=O)N(Cc2cccc(F)c2)C2CC2)cc1. The lowest BCUT2D eigenvalue weighted by atomic mass is 10.2. The Kier molecular flexibility index (Phi) is 5.22. The molecule has 0 heterocycles. The fourth-order valence-electron chi connectivity index (χ4n) is 2.78. The number of rotatable bonds is 6. The Balaban J connectivity index is 1.59. The van der Waals surface area contributed by atoms with Gasteiger partial charge in [0.25, 0.3) is 0 Å². The molecule has 5 heteroatoms. The first-order valence-electron chi connectivity index (χ1n) is 8.58. The van der Waals surface area contributed by atoms with Gasteiger partial charge in [-0.3, -0.25) is 0 Å². The van der Waals surface area contributed by atoms with Gasteiger partial charge in [-0.05, 0) is 48.2 Å². The van der Waals surface area contributed by atoms with Crippen LogP contribution >= 0.6 is 0 Å². The summed E-state index contributed by atoms with van der Waals surface area (Å²) in [5.74, 6) is -0.269. The topological polar surface area (TPSA) is 35.6 Å². The van der Waals surface area contributed by atoms with Crippen LogP contribution in [0.25, 0.3) is 0 Å². The standard InChI is InChI=1S/C20H24FN3O/c1-23(2)18-8-6-15(7-9-18)13-22-20(25)24(19-10-11-19)14-16-4-3-5-17(21)12-16/h3-9,12,19H,10-11,13-14H2,1-2H3,(H,22,25). The van der Waals surface area contributed by atoms with Gasteiger partial charge in [-0.15, -0.1) is 0 Å². The van der Waals surface area contributed by atoms with Crippen molar-refractivity contribution in [1.29, 1.82) is 0 Å². The highest BCUT2D eigenvalue weighted by atomic mass is 19.1. The number of urea groups is 1. The van der Waals surface area contributed by atoms with E-state index in [0.29, 0.717) is 13.1 Å². The Hall–Kier alpha value is -2.56. The van der Waals surface area contributed by atoms with Crippen LogP contribution in [0.4, 0.5) is 14.9 Å². The lowest BCUT2D eigenvalue weighted by molar-refractivity contribution is 0.191. The van der Waals surface area contributed by atoms with Crippen LogP contribution < -0.4 is 10.2 Å². The highest BCUT2D eigenvalue weighted by Gasteiger charge is 2.32. The van der Waals surface area contributed by atoms with E-state index in [1.54, 1.807) is 6.07 Å². The Labute approximate surface area is 148 Å². The molecule has 1 aliphatic carbocycles. The van der Waals surface area contributed by atoms with Gasteiger partial charge in [-0.2, -0.15) is 0 Å². The van der Waals surface area contributed by atoms with Crippen molar-refractivity contribution >= 4 is 11.7 Å². The third-order valence-corrected chi connectivity index (χ3v) is 4.39. The van der Waals surface area contributed by atoms with Crippen molar-refractivity contribution in [1.82, 2.24) is 10.2 Å². The van der Waals surface area contributed by atoms with Crippen molar-refractivity contribution in [2.75, 3.05) is 19.0 Å². The maximum Gasteiger partial charge on any atom is 0.318 e. The Bertz CT molecular complexity index is 726. The predicted molar refractivity (Wildman–Crippen MR) is 98.0 cm³/mol. The molecule has 2 aromatic carbocycles. The number of nitrogens with one attached hydrogen (secondary N) is 1. The van der Waals surface area contributed by atoms with Gasteiger partial charge in [0.05, 0.1) is 0 Å². The predicted octanol–water partition coefficient (Wildman–Crippen LogP) is 3.77. The molecule has 25 heavy (non-hydrogen) atoms. The average Bonchev–Trinajstić information content (AvgIpc) is 3.43. The molecule has 0 unspecified atom stereocenters. The fraction of sp³-hybridized carbons (Fsp3) is 0.350. The van der Waals surface area contributed by atoms with Crippen LogP contribution in [0.2, 0.25) is 0 Å². The van der Waals surface area contributed by atoms with Gasteiger partial charge in [-0.25, -0.2) is 9.18 Å². The number of benzene rings is 2. The van der Waals surface area contributed by atoms with Crippen LogP contribution in [0.1, 0.15) is 24.0 Å². The summed E-state index contributed by atoms with van der Waals surface area (Å²) < 4.78 is 13.4. The van der Waals surface area contributed by atoms with Crippen LogP contribution in [-0.2, 0) is 13.1 Å². The number of halogens is 1. The van der Waals surface area contributed by atoms with Gasteiger partial charge >= 0.3 is 6.03 Å². The molecule has 0 saturated heterocycles. The van der Waals surface area contributed by atoms with E-state index in [4.69, 9.17) is 0 Å². The summed E-state index contributed by atoms with van der Waals surface area (Å²) in [7, 11) is 3.99. The van der Waals surface area contributed by atoms with E-state index < -0.39 is 0 Å². The zero-order chi connectivity index (χ0) is 17.8. The largest absolute Gasteiger partial charge is 0.378 e. The van der Waals surface area contributed by atoms with Crippen molar-refractivity contribution < 1.29 is 9.18 Å². The van der Waals surface area contributed by atoms with Gasteiger partial charge in [0.1, 0.15) is 5.82 Å². The van der Waals surface area contributed by atoms with E-state index >= 15 is 0 Å². The lowest BCUT2D eigenvalue weighted by Crippen LogP contribution is -2.40. The van der Waals surface area contributed by atoms with Gasteiger partial charge in [-0.1, -0.05) is 24.3 Å². The Morgan fingerprint density at radius 3 is 2.44 bits per heavy atom. The van der Waals surface area contributed by atoms with Crippen LogP contribution in [0.3, 0.4) is 0 Å². The van der Waals surface area contributed by atoms with Crippen molar-refractivity contribution in [2.45, 2.75) is 32.0 Å². The first-order chi connectivity index (χ1) is 12.0. The average molecular weight is 341 g/mol. The monoisotopic (exact) mass is 341 g/mol. The van der Waals surface area contributed by atoms with Crippen LogP contribution in [0.5, 0.6) is 0 Å². The molecule has 0 aliphatic heterocycles. The van der Waals surface area contributed by atoms with E-state index in [9.17, 15) is 9.18 Å². The lowest BCUT2D eigenvalue weighted by Gasteiger charge is -2.23. The highest BCUT2D eigenvalue weighted by molar-refractivity contribution is 5.75. The number of carbonyl (C=O) groups excluding carboxylic acids is 1. The molecule has 1 fully saturated rings. The van der Waals surface area contributed by atoms with Gasteiger partial charge in [0.15, 0.2) is 0 Å². The normalized spacial score (nSPS) is 13.4. The molecule has 0 aromatic heterocycles. The van der Waals surface area contributed by atoms with Crippen LogP contribution in [0, 0.1) is 5.82 Å². The minimum absolute atomic E-state index is 0.0940. The maximum absolute atomic E-state index is 13.4. The molecule has 2 aromatic rings.